The molecule has 208 valence electrons. The highest BCUT2D eigenvalue weighted by atomic mass is 32.1. The Labute approximate surface area is 264 Å². The van der Waals surface area contributed by atoms with E-state index in [-0.39, 0.29) is 0 Å². The Morgan fingerprint density at radius 3 is 2.20 bits per heavy atom. The summed E-state index contributed by atoms with van der Waals surface area (Å²) in [6.45, 7) is 0. The van der Waals surface area contributed by atoms with Gasteiger partial charge in [-0.1, -0.05) is 103 Å². The minimum atomic E-state index is 0.703. The van der Waals surface area contributed by atoms with Crippen molar-refractivity contribution in [1.82, 2.24) is 14.5 Å². The second-order valence-corrected chi connectivity index (χ2v) is 13.9. The number of hydrogen-bond acceptors (Lipinski definition) is 4. The van der Waals surface area contributed by atoms with Crippen LogP contribution >= 0.6 is 22.7 Å². The molecular formula is C40H21N3S2. The fourth-order valence-electron chi connectivity index (χ4n) is 7.46. The van der Waals surface area contributed by atoms with Crippen molar-refractivity contribution in [1.29, 1.82) is 0 Å². The van der Waals surface area contributed by atoms with Gasteiger partial charge >= 0.3 is 0 Å². The van der Waals surface area contributed by atoms with Crippen molar-refractivity contribution in [3.8, 4) is 17.2 Å². The number of rotatable bonds is 2. The summed E-state index contributed by atoms with van der Waals surface area (Å²) >= 11 is 3.67. The maximum Gasteiger partial charge on any atom is 0.235 e. The van der Waals surface area contributed by atoms with E-state index in [0.29, 0.717) is 5.95 Å². The minimum Gasteiger partial charge on any atom is -0.277 e. The quantitative estimate of drug-likeness (QED) is 0.183. The van der Waals surface area contributed by atoms with Gasteiger partial charge in [0, 0.05) is 52.0 Å². The number of aromatic nitrogens is 3. The van der Waals surface area contributed by atoms with Crippen LogP contribution in [0.15, 0.2) is 127 Å². The predicted octanol–water partition coefficient (Wildman–Crippen LogP) is 11.7. The van der Waals surface area contributed by atoms with Gasteiger partial charge in [0.05, 0.1) is 26.9 Å². The second kappa shape index (κ2) is 8.63. The smallest absolute Gasteiger partial charge is 0.235 e. The first-order valence-electron chi connectivity index (χ1n) is 15.1. The fourth-order valence-corrected chi connectivity index (χ4v) is 9.81. The van der Waals surface area contributed by atoms with Crippen molar-refractivity contribution < 1.29 is 0 Å². The highest BCUT2D eigenvalue weighted by Gasteiger charge is 2.23. The first-order chi connectivity index (χ1) is 22.3. The molecule has 0 radical (unpaired) electrons. The molecule has 0 fully saturated rings. The summed E-state index contributed by atoms with van der Waals surface area (Å²) in [7, 11) is 0. The van der Waals surface area contributed by atoms with Crippen molar-refractivity contribution in [3.05, 3.63) is 127 Å². The lowest BCUT2D eigenvalue weighted by Crippen LogP contribution is -2.03. The summed E-state index contributed by atoms with van der Waals surface area (Å²) in [6, 6.07) is 46.1. The average molecular weight is 608 g/mol. The highest BCUT2D eigenvalue weighted by molar-refractivity contribution is 7.26. The molecular weight excluding hydrogens is 587 g/mol. The third-order valence-corrected chi connectivity index (χ3v) is 11.6. The molecule has 0 aliphatic rings. The Balaban J connectivity index is 1.35. The number of nitrogens with zero attached hydrogens (tertiary/aromatic N) is 3. The second-order valence-electron chi connectivity index (χ2n) is 11.7. The number of para-hydroxylation sites is 1. The molecule has 0 spiro atoms. The van der Waals surface area contributed by atoms with E-state index in [9.17, 15) is 0 Å². The van der Waals surface area contributed by atoms with Crippen LogP contribution < -0.4 is 0 Å². The van der Waals surface area contributed by atoms with Crippen molar-refractivity contribution in [2.24, 2.45) is 0 Å². The summed E-state index contributed by atoms with van der Waals surface area (Å²) in [5.74, 6) is 0.703. The van der Waals surface area contributed by atoms with Crippen LogP contribution in [0.3, 0.4) is 0 Å². The van der Waals surface area contributed by atoms with Gasteiger partial charge in [-0.05, 0) is 40.4 Å². The zero-order valence-electron chi connectivity index (χ0n) is 23.8. The van der Waals surface area contributed by atoms with Gasteiger partial charge in [0.25, 0.3) is 0 Å². The molecule has 0 saturated heterocycles. The van der Waals surface area contributed by atoms with Crippen molar-refractivity contribution in [2.45, 2.75) is 0 Å². The summed E-state index contributed by atoms with van der Waals surface area (Å²) in [4.78, 5) is 11.0. The first-order valence-corrected chi connectivity index (χ1v) is 16.7. The molecule has 3 nitrogen and oxygen atoms in total. The molecule has 0 unspecified atom stereocenters. The van der Waals surface area contributed by atoms with Gasteiger partial charge in [0.1, 0.15) is 0 Å². The molecule has 4 aromatic heterocycles. The van der Waals surface area contributed by atoms with Crippen LogP contribution in [0.4, 0.5) is 0 Å². The van der Waals surface area contributed by atoms with E-state index in [0.717, 1.165) is 32.5 Å². The van der Waals surface area contributed by atoms with E-state index in [2.05, 4.69) is 132 Å². The summed E-state index contributed by atoms with van der Waals surface area (Å²) in [5.41, 5.74) is 5.39. The Kier molecular flexibility index (Phi) is 4.61. The molecule has 0 amide bonds. The van der Waals surface area contributed by atoms with Crippen molar-refractivity contribution >= 4 is 106 Å². The zero-order valence-corrected chi connectivity index (χ0v) is 25.4. The Bertz CT molecular complexity index is 2990. The molecule has 11 rings (SSSR count). The lowest BCUT2D eigenvalue weighted by atomic mass is 9.99. The van der Waals surface area contributed by atoms with Crippen LogP contribution in [-0.4, -0.2) is 14.5 Å². The summed E-state index contributed by atoms with van der Waals surface area (Å²) in [6.07, 6.45) is 0. The number of benzene rings is 7. The van der Waals surface area contributed by atoms with Crippen LogP contribution in [-0.2, 0) is 0 Å². The number of fused-ring (bicyclic) bond motifs is 8. The first kappa shape index (κ1) is 24.0. The minimum absolute atomic E-state index is 0.703. The van der Waals surface area contributed by atoms with Crippen LogP contribution in [0.2, 0.25) is 0 Å². The fraction of sp³-hybridized carbons (Fsp3) is 0. The van der Waals surface area contributed by atoms with E-state index in [1.807, 2.05) is 11.3 Å². The summed E-state index contributed by atoms with van der Waals surface area (Å²) < 4.78 is 7.32. The maximum atomic E-state index is 5.52. The standard InChI is InChI=1S/C40H21N3S2/c1-2-12-24-22(9-1)10-7-15-26(24)36-39-37(27-14-4-6-17-31(27)45-39)42-40(41-36)43-30-16-5-3-13-25(30)29-21-33-35-28(38(29)43)20-19-23-11-8-18-32(44-33)34(23)35/h1-21H. The molecule has 0 atom stereocenters. The molecule has 11 aromatic rings. The predicted molar refractivity (Wildman–Crippen MR) is 194 cm³/mol. The van der Waals surface area contributed by atoms with Crippen LogP contribution in [0.25, 0.3) is 101 Å². The molecule has 0 bridgehead atoms. The molecule has 4 heterocycles. The van der Waals surface area contributed by atoms with Gasteiger partial charge in [-0.3, -0.25) is 4.57 Å². The molecule has 0 saturated carbocycles. The molecule has 0 N–H and O–H groups in total. The van der Waals surface area contributed by atoms with E-state index in [1.54, 1.807) is 11.3 Å². The van der Waals surface area contributed by atoms with Crippen molar-refractivity contribution in [3.63, 3.8) is 0 Å². The molecule has 7 aromatic carbocycles. The van der Waals surface area contributed by atoms with Crippen LogP contribution in [0, 0.1) is 0 Å². The largest absolute Gasteiger partial charge is 0.277 e. The normalized spacial score (nSPS) is 12.4. The Morgan fingerprint density at radius 2 is 1.24 bits per heavy atom. The third-order valence-electron chi connectivity index (χ3n) is 9.37. The van der Waals surface area contributed by atoms with Gasteiger partial charge in [-0.15, -0.1) is 22.7 Å². The van der Waals surface area contributed by atoms with Gasteiger partial charge in [0.2, 0.25) is 5.95 Å². The Morgan fingerprint density at radius 1 is 0.489 bits per heavy atom. The van der Waals surface area contributed by atoms with Gasteiger partial charge in [-0.2, -0.15) is 0 Å². The van der Waals surface area contributed by atoms with Crippen LogP contribution in [0.5, 0.6) is 0 Å². The van der Waals surface area contributed by atoms with Crippen LogP contribution in [0.1, 0.15) is 0 Å². The third kappa shape index (κ3) is 3.13. The molecule has 45 heavy (non-hydrogen) atoms. The van der Waals surface area contributed by atoms with Gasteiger partial charge < -0.3 is 0 Å². The molecule has 5 heteroatoms. The lowest BCUT2D eigenvalue weighted by Gasteiger charge is -2.13. The lowest BCUT2D eigenvalue weighted by molar-refractivity contribution is 1.02. The monoisotopic (exact) mass is 607 g/mol. The number of thiophene rings is 2. The van der Waals surface area contributed by atoms with E-state index in [4.69, 9.17) is 9.97 Å². The average Bonchev–Trinajstić information content (AvgIpc) is 3.77. The Hall–Kier alpha value is -5.36. The number of hydrogen-bond donors (Lipinski definition) is 0. The van der Waals surface area contributed by atoms with E-state index in [1.165, 1.54) is 62.6 Å². The SMILES string of the molecule is c1ccc2c(-c3nc(-n4c5ccccc5c5cc6sc7cccc8ccc(c6c87)c54)nc4c3sc3ccccc34)cccc2c1. The van der Waals surface area contributed by atoms with E-state index < -0.39 is 0 Å². The van der Waals surface area contributed by atoms with E-state index >= 15 is 0 Å². The van der Waals surface area contributed by atoms with Crippen molar-refractivity contribution in [2.75, 3.05) is 0 Å². The molecule has 0 aliphatic heterocycles. The topological polar surface area (TPSA) is 30.7 Å². The molecule has 0 aliphatic carbocycles. The highest BCUT2D eigenvalue weighted by Crippen LogP contribution is 2.47. The van der Waals surface area contributed by atoms with Gasteiger partial charge in [-0.25, -0.2) is 9.97 Å². The van der Waals surface area contributed by atoms with Gasteiger partial charge in [0.15, 0.2) is 0 Å². The summed E-state index contributed by atoms with van der Waals surface area (Å²) in [5, 5.41) is 11.2. The maximum absolute atomic E-state index is 5.52. The zero-order chi connectivity index (χ0) is 29.2.